The van der Waals surface area contributed by atoms with Crippen LogP contribution >= 0.6 is 0 Å². The van der Waals surface area contributed by atoms with E-state index >= 15 is 0 Å². The molecule has 0 radical (unpaired) electrons. The summed E-state index contributed by atoms with van der Waals surface area (Å²) in [5.74, 6) is -1.87. The van der Waals surface area contributed by atoms with Crippen molar-refractivity contribution in [2.45, 2.75) is 87.3 Å². The van der Waals surface area contributed by atoms with Crippen molar-refractivity contribution in [2.24, 2.45) is 0 Å². The average molecular weight is 741 g/mol. The first-order valence-electron chi connectivity index (χ1n) is 16.6. The lowest BCUT2D eigenvalue weighted by Gasteiger charge is -2.30. The number of anilines is 1. The van der Waals surface area contributed by atoms with Gasteiger partial charge in [-0.3, -0.25) is 18.7 Å². The quantitative estimate of drug-likeness (QED) is 0.127. The highest BCUT2D eigenvalue weighted by atomic mass is 32.2. The van der Waals surface area contributed by atoms with Crippen LogP contribution in [0, 0.1) is 0 Å². The Bertz CT molecular complexity index is 2130. The van der Waals surface area contributed by atoms with Crippen LogP contribution in [0.4, 0.5) is 11.4 Å². The van der Waals surface area contributed by atoms with Crippen LogP contribution in [-0.4, -0.2) is 72.2 Å². The molecule has 3 aliphatic heterocycles. The van der Waals surface area contributed by atoms with Gasteiger partial charge in [0.15, 0.2) is 5.71 Å². The number of hydrogen-bond acceptors (Lipinski definition) is 9. The van der Waals surface area contributed by atoms with Crippen molar-refractivity contribution in [3.8, 4) is 0 Å². The fourth-order valence-corrected chi connectivity index (χ4v) is 8.22. The molecule has 0 spiro atoms. The minimum absolute atomic E-state index is 0.0136. The van der Waals surface area contributed by atoms with Crippen LogP contribution in [-0.2, 0) is 50.3 Å². The van der Waals surface area contributed by atoms with Gasteiger partial charge in [0.2, 0.25) is 5.69 Å². The first-order chi connectivity index (χ1) is 23.8. The van der Waals surface area contributed by atoms with Gasteiger partial charge in [0, 0.05) is 60.3 Å². The third-order valence-corrected chi connectivity index (χ3v) is 11.5. The van der Waals surface area contributed by atoms with E-state index in [9.17, 15) is 40.3 Å². The number of benzene rings is 2. The number of hydroxylamine groups is 2. The molecule has 0 aliphatic carbocycles. The molecule has 1 atom stereocenters. The molecular weight excluding hydrogens is 699 g/mol. The molecule has 2 aromatic carbocycles. The lowest BCUT2D eigenvalue weighted by Crippen LogP contribution is -2.32. The van der Waals surface area contributed by atoms with E-state index in [0.717, 1.165) is 22.7 Å². The van der Waals surface area contributed by atoms with E-state index in [0.29, 0.717) is 35.8 Å². The first-order valence-corrected chi connectivity index (χ1v) is 19.5. The number of allylic oxidation sites excluding steroid dienone is 6. The van der Waals surface area contributed by atoms with Gasteiger partial charge in [0.05, 0.1) is 10.3 Å². The minimum atomic E-state index is -4.51. The number of fused-ring (bicyclic) bond motifs is 2. The van der Waals surface area contributed by atoms with Crippen LogP contribution in [0.1, 0.15) is 77.8 Å². The Morgan fingerprint density at radius 3 is 2.14 bits per heavy atom. The Labute approximate surface area is 298 Å². The molecule has 2 N–H and O–H groups in total. The lowest BCUT2D eigenvalue weighted by molar-refractivity contribution is -0.433. The van der Waals surface area contributed by atoms with Crippen molar-refractivity contribution < 1.29 is 49.7 Å². The van der Waals surface area contributed by atoms with Gasteiger partial charge < -0.3 is 9.74 Å². The number of imide groups is 1. The predicted octanol–water partition coefficient (Wildman–Crippen LogP) is 5.15. The second-order valence-electron chi connectivity index (χ2n) is 13.3. The lowest BCUT2D eigenvalue weighted by atomic mass is 9.77. The molecule has 51 heavy (non-hydrogen) atoms. The van der Waals surface area contributed by atoms with E-state index in [1.165, 1.54) is 24.3 Å². The summed E-state index contributed by atoms with van der Waals surface area (Å²) in [6, 6.07) is 9.03. The molecule has 272 valence electrons. The Morgan fingerprint density at radius 1 is 0.902 bits per heavy atom. The van der Waals surface area contributed by atoms with Gasteiger partial charge in [0.1, 0.15) is 11.4 Å². The third-order valence-electron chi connectivity index (χ3n) is 9.79. The van der Waals surface area contributed by atoms with E-state index in [1.807, 2.05) is 74.5 Å². The predicted molar refractivity (Wildman–Crippen MR) is 189 cm³/mol. The van der Waals surface area contributed by atoms with Crippen LogP contribution in [0.5, 0.6) is 0 Å². The number of nitrogens with zero attached hydrogens (tertiary/aromatic N) is 3. The molecule has 2 aromatic rings. The zero-order valence-electron chi connectivity index (χ0n) is 29.1. The molecule has 13 nitrogen and oxygen atoms in total. The molecular formula is C36H42N3O10S2+. The minimum Gasteiger partial charge on any atom is -0.344 e. The molecule has 0 aromatic heterocycles. The van der Waals surface area contributed by atoms with E-state index in [2.05, 4.69) is 0 Å². The zero-order valence-corrected chi connectivity index (χ0v) is 30.8. The summed E-state index contributed by atoms with van der Waals surface area (Å²) < 4.78 is 69.4. The molecule has 0 saturated carbocycles. The van der Waals surface area contributed by atoms with Gasteiger partial charge in [-0.25, -0.2) is 4.79 Å². The Hall–Kier alpha value is -4.44. The maximum absolute atomic E-state index is 12.6. The SMILES string of the molecule is CCN1\C(=C/C=C/C=C/C2=[N+](CC)c3cc(S(=O)(=O)O)ccc3C2(C)C)C(C)(CCCC(=O)ON2C(=O)CCC2=O)c2cc(S(=O)(=O)O)ccc21. The monoisotopic (exact) mass is 740 g/mol. The Kier molecular flexibility index (Phi) is 10.3. The van der Waals surface area contributed by atoms with Crippen molar-refractivity contribution in [3.63, 3.8) is 0 Å². The molecule has 15 heteroatoms. The first kappa shape index (κ1) is 37.8. The van der Waals surface area contributed by atoms with Crippen molar-refractivity contribution in [2.75, 3.05) is 18.0 Å². The molecule has 1 fully saturated rings. The highest BCUT2D eigenvalue weighted by Crippen LogP contribution is 2.51. The highest BCUT2D eigenvalue weighted by Gasteiger charge is 2.45. The van der Waals surface area contributed by atoms with Crippen LogP contribution in [0.25, 0.3) is 0 Å². The number of hydrogen-bond donors (Lipinski definition) is 2. The van der Waals surface area contributed by atoms with Gasteiger partial charge in [-0.05, 0) is 89.4 Å². The average Bonchev–Trinajstić information content (AvgIpc) is 3.58. The van der Waals surface area contributed by atoms with Crippen LogP contribution < -0.4 is 4.90 Å². The van der Waals surface area contributed by atoms with E-state index < -0.39 is 48.8 Å². The molecule has 2 amide bonds. The van der Waals surface area contributed by atoms with Crippen molar-refractivity contribution in [1.82, 2.24) is 5.06 Å². The summed E-state index contributed by atoms with van der Waals surface area (Å²) in [4.78, 5) is 43.1. The smallest absolute Gasteiger partial charge is 0.333 e. The molecule has 3 heterocycles. The van der Waals surface area contributed by atoms with Gasteiger partial charge >= 0.3 is 5.97 Å². The van der Waals surface area contributed by atoms with Gasteiger partial charge in [-0.2, -0.15) is 21.4 Å². The number of rotatable bonds is 12. The highest BCUT2D eigenvalue weighted by molar-refractivity contribution is 7.86. The topological polar surface area (TPSA) is 179 Å². The number of likely N-dealkylation sites (N-methyl/N-ethyl adjacent to an activating group) is 1. The summed E-state index contributed by atoms with van der Waals surface area (Å²) >= 11 is 0. The van der Waals surface area contributed by atoms with E-state index in [-0.39, 0.29) is 35.5 Å². The second kappa shape index (κ2) is 13.9. The Morgan fingerprint density at radius 2 is 1.53 bits per heavy atom. The molecule has 1 saturated heterocycles. The van der Waals surface area contributed by atoms with Crippen molar-refractivity contribution in [1.29, 1.82) is 0 Å². The van der Waals surface area contributed by atoms with Gasteiger partial charge in [-0.15, -0.1) is 5.06 Å². The van der Waals surface area contributed by atoms with E-state index in [1.54, 1.807) is 12.1 Å². The maximum Gasteiger partial charge on any atom is 0.333 e. The van der Waals surface area contributed by atoms with Crippen molar-refractivity contribution in [3.05, 3.63) is 83.6 Å². The van der Waals surface area contributed by atoms with Gasteiger partial charge in [0.25, 0.3) is 32.1 Å². The number of carbonyl (C=O) groups is 3. The number of carbonyl (C=O) groups excluding carboxylic acids is 3. The van der Waals surface area contributed by atoms with Crippen LogP contribution in [0.15, 0.2) is 82.3 Å². The number of amides is 2. The largest absolute Gasteiger partial charge is 0.344 e. The maximum atomic E-state index is 12.6. The molecule has 5 rings (SSSR count). The molecule has 1 unspecified atom stereocenters. The summed E-state index contributed by atoms with van der Waals surface area (Å²) in [5, 5.41) is 0.510. The third kappa shape index (κ3) is 7.20. The summed E-state index contributed by atoms with van der Waals surface area (Å²) in [6.45, 7) is 11.0. The second-order valence-corrected chi connectivity index (χ2v) is 16.2. The van der Waals surface area contributed by atoms with Crippen molar-refractivity contribution >= 4 is 55.1 Å². The van der Waals surface area contributed by atoms with Crippen LogP contribution in [0.3, 0.4) is 0 Å². The molecule has 0 bridgehead atoms. The summed E-state index contributed by atoms with van der Waals surface area (Å²) in [7, 11) is -8.88. The fraction of sp³-hybridized carbons (Fsp3) is 0.389. The standard InChI is InChI=1S/C36H41N3O10S2/c1-6-37-28-18-16-24(50(43,44)45)22-27(28)36(5,21-11-14-34(42)49-39-32(40)19-20-33(39)41)31(37)13-10-8-9-12-30-35(3,4)26-17-15-25(51(46,47)48)23-29(26)38(30)7-2/h8-10,12-13,15-18,22-23H,6-7,11,14,19-21H2,1-5H3,(H-,43,44,45,46,47,48)/p+1. The normalized spacial score (nSPS) is 21.1. The Balaban J connectivity index is 1.44. The summed E-state index contributed by atoms with van der Waals surface area (Å²) in [6.07, 6.45) is 9.94. The van der Waals surface area contributed by atoms with E-state index in [4.69, 9.17) is 4.84 Å². The fourth-order valence-electron chi connectivity index (χ4n) is 7.21. The zero-order chi connectivity index (χ0) is 37.5. The van der Waals surface area contributed by atoms with Crippen LogP contribution in [0.2, 0.25) is 0 Å². The summed E-state index contributed by atoms with van der Waals surface area (Å²) in [5.41, 5.74) is 3.51. The molecule has 3 aliphatic rings. The van der Waals surface area contributed by atoms with Gasteiger partial charge in [-0.1, -0.05) is 18.2 Å².